The lowest BCUT2D eigenvalue weighted by Crippen LogP contribution is -2.64. The first-order valence-electron chi connectivity index (χ1n) is 9.94. The van der Waals surface area contributed by atoms with Crippen LogP contribution in [-0.2, 0) is 17.8 Å². The summed E-state index contributed by atoms with van der Waals surface area (Å²) in [6.45, 7) is 5.42. The SMILES string of the molecule is COc1cccc(CC2(C(=O)NCc3ncc[nH]3)CN(c3nc(C)ncc3C)C2)c1. The molecule has 0 unspecified atom stereocenters. The first-order chi connectivity index (χ1) is 14.5. The van der Waals surface area contributed by atoms with E-state index in [1.165, 1.54) is 0 Å². The Labute approximate surface area is 175 Å². The van der Waals surface area contributed by atoms with E-state index in [0.717, 1.165) is 34.3 Å². The molecule has 4 rings (SSSR count). The van der Waals surface area contributed by atoms with E-state index in [9.17, 15) is 4.79 Å². The smallest absolute Gasteiger partial charge is 0.230 e. The lowest BCUT2D eigenvalue weighted by atomic mass is 9.73. The number of carbonyl (C=O) groups is 1. The average Bonchev–Trinajstić information content (AvgIpc) is 3.24. The molecule has 0 atom stereocenters. The third kappa shape index (κ3) is 3.98. The van der Waals surface area contributed by atoms with Gasteiger partial charge < -0.3 is 19.9 Å². The van der Waals surface area contributed by atoms with Crippen LogP contribution in [0.1, 0.15) is 22.8 Å². The van der Waals surface area contributed by atoms with Gasteiger partial charge in [-0.3, -0.25) is 4.79 Å². The summed E-state index contributed by atoms with van der Waals surface area (Å²) in [6, 6.07) is 7.89. The van der Waals surface area contributed by atoms with Crippen LogP contribution in [0.15, 0.2) is 42.9 Å². The Balaban J connectivity index is 1.55. The van der Waals surface area contributed by atoms with Crippen molar-refractivity contribution < 1.29 is 9.53 Å². The summed E-state index contributed by atoms with van der Waals surface area (Å²) in [5.74, 6) is 3.16. The molecule has 0 radical (unpaired) electrons. The van der Waals surface area contributed by atoms with Crippen LogP contribution in [0.4, 0.5) is 5.82 Å². The van der Waals surface area contributed by atoms with Gasteiger partial charge in [0.05, 0.1) is 19.1 Å². The summed E-state index contributed by atoms with van der Waals surface area (Å²) in [5, 5.41) is 3.05. The van der Waals surface area contributed by atoms with E-state index < -0.39 is 5.41 Å². The minimum Gasteiger partial charge on any atom is -0.497 e. The van der Waals surface area contributed by atoms with Crippen LogP contribution in [0.3, 0.4) is 0 Å². The number of hydrogen-bond acceptors (Lipinski definition) is 6. The van der Waals surface area contributed by atoms with Gasteiger partial charge in [-0.05, 0) is 38.0 Å². The van der Waals surface area contributed by atoms with Gasteiger partial charge in [-0.2, -0.15) is 0 Å². The van der Waals surface area contributed by atoms with Crippen molar-refractivity contribution in [3.05, 3.63) is 65.6 Å². The van der Waals surface area contributed by atoms with Gasteiger partial charge in [-0.15, -0.1) is 0 Å². The van der Waals surface area contributed by atoms with Gasteiger partial charge >= 0.3 is 0 Å². The molecule has 8 heteroatoms. The van der Waals surface area contributed by atoms with Crippen LogP contribution in [0.25, 0.3) is 0 Å². The van der Waals surface area contributed by atoms with Gasteiger partial charge in [0.1, 0.15) is 23.2 Å². The zero-order chi connectivity index (χ0) is 21.1. The fraction of sp³-hybridized carbons (Fsp3) is 0.364. The maximum Gasteiger partial charge on any atom is 0.230 e. The second-order valence-corrected chi connectivity index (χ2v) is 7.81. The minimum absolute atomic E-state index is 0.0152. The zero-order valence-electron chi connectivity index (χ0n) is 17.5. The fourth-order valence-electron chi connectivity index (χ4n) is 3.93. The molecule has 1 aliphatic rings. The number of aryl methyl sites for hydroxylation is 2. The molecule has 0 aliphatic carbocycles. The van der Waals surface area contributed by atoms with E-state index in [0.29, 0.717) is 26.1 Å². The molecule has 1 fully saturated rings. The quantitative estimate of drug-likeness (QED) is 0.624. The fourth-order valence-corrected chi connectivity index (χ4v) is 3.93. The normalized spacial score (nSPS) is 14.8. The summed E-state index contributed by atoms with van der Waals surface area (Å²) >= 11 is 0. The van der Waals surface area contributed by atoms with E-state index in [2.05, 4.69) is 30.2 Å². The lowest BCUT2D eigenvalue weighted by molar-refractivity contribution is -0.132. The highest BCUT2D eigenvalue weighted by Crippen LogP contribution is 2.38. The van der Waals surface area contributed by atoms with Gasteiger partial charge in [0.15, 0.2) is 0 Å². The molecule has 2 N–H and O–H groups in total. The molecule has 3 aromatic rings. The minimum atomic E-state index is -0.551. The van der Waals surface area contributed by atoms with Crippen molar-refractivity contribution >= 4 is 11.7 Å². The Morgan fingerprint density at radius 1 is 1.30 bits per heavy atom. The van der Waals surface area contributed by atoms with Gasteiger partial charge in [-0.1, -0.05) is 12.1 Å². The number of nitrogens with zero attached hydrogens (tertiary/aromatic N) is 4. The van der Waals surface area contributed by atoms with E-state index in [4.69, 9.17) is 4.74 Å². The van der Waals surface area contributed by atoms with Crippen molar-refractivity contribution in [2.75, 3.05) is 25.1 Å². The molecule has 2 aromatic heterocycles. The molecule has 0 spiro atoms. The number of aromatic amines is 1. The number of anilines is 1. The van der Waals surface area contributed by atoms with Gasteiger partial charge in [0.2, 0.25) is 5.91 Å². The Bertz CT molecular complexity index is 1030. The second kappa shape index (κ2) is 8.14. The largest absolute Gasteiger partial charge is 0.497 e. The molecule has 156 valence electrons. The van der Waals surface area contributed by atoms with Crippen molar-refractivity contribution in [1.29, 1.82) is 0 Å². The lowest BCUT2D eigenvalue weighted by Gasteiger charge is -2.50. The predicted octanol–water partition coefficient (Wildman–Crippen LogP) is 2.19. The first kappa shape index (κ1) is 19.9. The molecule has 0 saturated carbocycles. The number of aromatic nitrogens is 4. The number of hydrogen-bond donors (Lipinski definition) is 2. The summed E-state index contributed by atoms with van der Waals surface area (Å²) in [4.78, 5) is 31.5. The molecular formula is C22H26N6O2. The summed E-state index contributed by atoms with van der Waals surface area (Å²) in [6.07, 6.45) is 5.88. The van der Waals surface area contributed by atoms with Crippen molar-refractivity contribution in [2.24, 2.45) is 5.41 Å². The molecule has 30 heavy (non-hydrogen) atoms. The number of ether oxygens (including phenoxy) is 1. The summed E-state index contributed by atoms with van der Waals surface area (Å²) in [7, 11) is 1.65. The van der Waals surface area contributed by atoms with E-state index in [1.54, 1.807) is 19.5 Å². The Kier molecular flexibility index (Phi) is 5.39. The molecular weight excluding hydrogens is 380 g/mol. The van der Waals surface area contributed by atoms with E-state index in [1.807, 2.05) is 44.3 Å². The van der Waals surface area contributed by atoms with Crippen LogP contribution in [0.5, 0.6) is 5.75 Å². The van der Waals surface area contributed by atoms with Crippen LogP contribution >= 0.6 is 0 Å². The van der Waals surface area contributed by atoms with Crippen LogP contribution < -0.4 is 15.0 Å². The zero-order valence-corrected chi connectivity index (χ0v) is 17.5. The first-order valence-corrected chi connectivity index (χ1v) is 9.94. The van der Waals surface area contributed by atoms with Crippen LogP contribution in [0, 0.1) is 19.3 Å². The number of benzene rings is 1. The Hall–Kier alpha value is -3.42. The number of methoxy groups -OCH3 is 1. The van der Waals surface area contributed by atoms with Gasteiger partial charge in [-0.25, -0.2) is 15.0 Å². The highest BCUT2D eigenvalue weighted by Gasteiger charge is 2.50. The van der Waals surface area contributed by atoms with Crippen molar-refractivity contribution in [3.63, 3.8) is 0 Å². The monoisotopic (exact) mass is 406 g/mol. The molecule has 1 amide bonds. The number of amides is 1. The van der Waals surface area contributed by atoms with Crippen LogP contribution in [-0.4, -0.2) is 46.0 Å². The molecule has 0 bridgehead atoms. The molecule has 3 heterocycles. The third-order valence-corrected chi connectivity index (χ3v) is 5.48. The number of imidazole rings is 1. The second-order valence-electron chi connectivity index (χ2n) is 7.81. The van der Waals surface area contributed by atoms with E-state index >= 15 is 0 Å². The van der Waals surface area contributed by atoms with Crippen molar-refractivity contribution in [2.45, 2.75) is 26.8 Å². The maximum absolute atomic E-state index is 13.3. The number of rotatable bonds is 7. The van der Waals surface area contributed by atoms with E-state index in [-0.39, 0.29) is 5.91 Å². The average molecular weight is 406 g/mol. The number of nitrogens with one attached hydrogen (secondary N) is 2. The predicted molar refractivity (Wildman–Crippen MR) is 113 cm³/mol. The Morgan fingerprint density at radius 2 is 2.13 bits per heavy atom. The summed E-state index contributed by atoms with van der Waals surface area (Å²) in [5.41, 5.74) is 1.52. The topological polar surface area (TPSA) is 96.0 Å². The molecule has 8 nitrogen and oxygen atoms in total. The number of carbonyl (C=O) groups excluding carboxylic acids is 1. The van der Waals surface area contributed by atoms with Crippen molar-refractivity contribution in [3.8, 4) is 5.75 Å². The summed E-state index contributed by atoms with van der Waals surface area (Å²) < 4.78 is 5.36. The van der Waals surface area contributed by atoms with Crippen LogP contribution in [0.2, 0.25) is 0 Å². The highest BCUT2D eigenvalue weighted by atomic mass is 16.5. The van der Waals surface area contributed by atoms with Gasteiger partial charge in [0, 0.05) is 37.2 Å². The van der Waals surface area contributed by atoms with Crippen molar-refractivity contribution in [1.82, 2.24) is 25.3 Å². The molecule has 1 saturated heterocycles. The molecule has 1 aromatic carbocycles. The molecule has 1 aliphatic heterocycles. The standard InChI is InChI=1S/C22H26N6O2/c1-15-11-25-16(2)27-20(15)28-13-22(14-28,10-17-5-4-6-18(9-17)30-3)21(29)26-12-19-23-7-8-24-19/h4-9,11H,10,12-14H2,1-3H3,(H,23,24)(H,26,29). The number of H-pyrrole nitrogens is 1. The third-order valence-electron chi connectivity index (χ3n) is 5.48. The highest BCUT2D eigenvalue weighted by molar-refractivity contribution is 5.86. The van der Waals surface area contributed by atoms with Gasteiger partial charge in [0.25, 0.3) is 0 Å². The maximum atomic E-state index is 13.3. The Morgan fingerprint density at radius 3 is 2.87 bits per heavy atom.